The van der Waals surface area contributed by atoms with Crippen LogP contribution in [0, 0.1) is 0 Å². The predicted molar refractivity (Wildman–Crippen MR) is 84.7 cm³/mol. The molecule has 0 bridgehead atoms. The molecule has 21 heavy (non-hydrogen) atoms. The fourth-order valence-electron chi connectivity index (χ4n) is 2.15. The highest BCUT2D eigenvalue weighted by Gasteiger charge is 2.17. The van der Waals surface area contributed by atoms with Gasteiger partial charge in [-0.15, -0.1) is 0 Å². The van der Waals surface area contributed by atoms with Crippen LogP contribution in [-0.2, 0) is 0 Å². The average Bonchev–Trinajstić information content (AvgIpc) is 3.01. The first kappa shape index (κ1) is 14.4. The summed E-state index contributed by atoms with van der Waals surface area (Å²) in [4.78, 5) is 16.2. The molecule has 0 radical (unpaired) electrons. The normalized spacial score (nSPS) is 14.5. The molecule has 1 saturated heterocycles. The number of nitrogens with two attached hydrogens (primary N) is 1. The summed E-state index contributed by atoms with van der Waals surface area (Å²) < 4.78 is 0. The van der Waals surface area contributed by atoms with Crippen molar-refractivity contribution in [3.05, 3.63) is 29.3 Å². The number of hydrogen-bond acceptors (Lipinski definition) is 7. The van der Waals surface area contributed by atoms with Gasteiger partial charge >= 0.3 is 0 Å². The number of benzene rings is 1. The fraction of sp³-hybridized carbons (Fsp3) is 0.308. The number of hydrogen-bond donors (Lipinski definition) is 2. The van der Waals surface area contributed by atoms with E-state index in [-0.39, 0.29) is 0 Å². The Hall–Kier alpha value is -1.57. The van der Waals surface area contributed by atoms with Crippen LogP contribution >= 0.6 is 23.4 Å². The molecule has 0 unspecified atom stereocenters. The van der Waals surface area contributed by atoms with Crippen LogP contribution in [0.15, 0.2) is 34.3 Å². The largest absolute Gasteiger partial charge is 0.341 e. The average molecular weight is 323 g/mol. The van der Waals surface area contributed by atoms with E-state index in [1.165, 1.54) is 11.8 Å². The second-order valence-electron chi connectivity index (χ2n) is 4.64. The van der Waals surface area contributed by atoms with Gasteiger partial charge in [0.15, 0.2) is 5.16 Å². The Kier molecular flexibility index (Phi) is 4.42. The summed E-state index contributed by atoms with van der Waals surface area (Å²) in [6.07, 6.45) is 2.32. The Morgan fingerprint density at radius 2 is 2.00 bits per heavy atom. The summed E-state index contributed by atoms with van der Waals surface area (Å²) in [5.74, 6) is 6.49. The first-order valence-corrected chi connectivity index (χ1v) is 7.85. The van der Waals surface area contributed by atoms with Crippen molar-refractivity contribution in [3.63, 3.8) is 0 Å². The Morgan fingerprint density at radius 3 is 2.71 bits per heavy atom. The molecule has 0 aliphatic carbocycles. The van der Waals surface area contributed by atoms with Crippen LogP contribution in [-0.4, -0.2) is 28.0 Å². The highest BCUT2D eigenvalue weighted by atomic mass is 35.5. The van der Waals surface area contributed by atoms with Gasteiger partial charge in [0.2, 0.25) is 11.9 Å². The maximum atomic E-state index is 6.00. The number of nitrogens with one attached hydrogen (secondary N) is 1. The number of nitrogens with zero attached hydrogens (tertiary/aromatic N) is 4. The van der Waals surface area contributed by atoms with E-state index in [1.807, 2.05) is 24.3 Å². The predicted octanol–water partition coefficient (Wildman–Crippen LogP) is 2.56. The smallest absolute Gasteiger partial charge is 0.242 e. The molecule has 1 aliphatic heterocycles. The molecule has 0 amide bonds. The molecule has 2 heterocycles. The van der Waals surface area contributed by atoms with E-state index in [0.717, 1.165) is 30.8 Å². The SMILES string of the molecule is NNc1nc(Sc2cccc(Cl)c2)nc(N2CCCC2)n1. The van der Waals surface area contributed by atoms with Crippen molar-refractivity contribution in [2.75, 3.05) is 23.4 Å². The highest BCUT2D eigenvalue weighted by molar-refractivity contribution is 7.99. The van der Waals surface area contributed by atoms with Gasteiger partial charge in [0.1, 0.15) is 0 Å². The van der Waals surface area contributed by atoms with Gasteiger partial charge in [-0.2, -0.15) is 15.0 Å². The topological polar surface area (TPSA) is 80.0 Å². The van der Waals surface area contributed by atoms with Gasteiger partial charge in [-0.3, -0.25) is 5.43 Å². The third-order valence-corrected chi connectivity index (χ3v) is 4.22. The van der Waals surface area contributed by atoms with Gasteiger partial charge in [0.05, 0.1) is 0 Å². The summed E-state index contributed by atoms with van der Waals surface area (Å²) in [7, 11) is 0. The first-order valence-electron chi connectivity index (χ1n) is 6.65. The summed E-state index contributed by atoms with van der Waals surface area (Å²) in [6.45, 7) is 1.94. The fourth-order valence-corrected chi connectivity index (χ4v) is 3.21. The Morgan fingerprint density at radius 1 is 1.19 bits per heavy atom. The minimum atomic E-state index is 0.372. The third-order valence-electron chi connectivity index (χ3n) is 3.13. The zero-order chi connectivity index (χ0) is 14.7. The molecule has 1 fully saturated rings. The lowest BCUT2D eigenvalue weighted by Gasteiger charge is -2.16. The summed E-state index contributed by atoms with van der Waals surface area (Å²) in [6, 6.07) is 7.57. The maximum absolute atomic E-state index is 6.00. The van der Waals surface area contributed by atoms with Crippen LogP contribution in [0.4, 0.5) is 11.9 Å². The Bertz CT molecular complexity index is 632. The van der Waals surface area contributed by atoms with Crippen LogP contribution < -0.4 is 16.2 Å². The van der Waals surface area contributed by atoms with E-state index >= 15 is 0 Å². The lowest BCUT2D eigenvalue weighted by Crippen LogP contribution is -2.22. The lowest BCUT2D eigenvalue weighted by molar-refractivity contribution is 0.827. The monoisotopic (exact) mass is 322 g/mol. The summed E-state index contributed by atoms with van der Waals surface area (Å²) in [5.41, 5.74) is 2.50. The van der Waals surface area contributed by atoms with Crippen molar-refractivity contribution < 1.29 is 0 Å². The molecule has 0 spiro atoms. The van der Waals surface area contributed by atoms with Crippen molar-refractivity contribution >= 4 is 35.3 Å². The standard InChI is InChI=1S/C13H15ClN6S/c14-9-4-3-5-10(8-9)21-13-17-11(19-15)16-12(18-13)20-6-1-2-7-20/h3-5,8H,1-2,6-7,15H2,(H,16,17,18,19). The lowest BCUT2D eigenvalue weighted by atomic mass is 10.4. The van der Waals surface area contributed by atoms with Crippen LogP contribution in [0.3, 0.4) is 0 Å². The number of nitrogen functional groups attached to an aromatic ring is 1. The Labute approximate surface area is 132 Å². The van der Waals surface area contributed by atoms with Crippen LogP contribution in [0.25, 0.3) is 0 Å². The molecule has 1 aromatic carbocycles. The zero-order valence-corrected chi connectivity index (χ0v) is 12.9. The molecule has 110 valence electrons. The number of aromatic nitrogens is 3. The van der Waals surface area contributed by atoms with E-state index < -0.39 is 0 Å². The second-order valence-corrected chi connectivity index (χ2v) is 6.12. The zero-order valence-electron chi connectivity index (χ0n) is 11.3. The number of anilines is 2. The van der Waals surface area contributed by atoms with Crippen LogP contribution in [0.5, 0.6) is 0 Å². The minimum Gasteiger partial charge on any atom is -0.341 e. The molecular formula is C13H15ClN6S. The first-order chi connectivity index (χ1) is 10.2. The second kappa shape index (κ2) is 6.46. The van der Waals surface area contributed by atoms with Crippen molar-refractivity contribution in [2.24, 2.45) is 5.84 Å². The van der Waals surface area contributed by atoms with E-state index in [2.05, 4.69) is 25.3 Å². The minimum absolute atomic E-state index is 0.372. The van der Waals surface area contributed by atoms with Gasteiger partial charge in [0.25, 0.3) is 0 Å². The van der Waals surface area contributed by atoms with Gasteiger partial charge in [0, 0.05) is 23.0 Å². The molecular weight excluding hydrogens is 308 g/mol. The van der Waals surface area contributed by atoms with E-state index in [0.29, 0.717) is 22.1 Å². The molecule has 6 nitrogen and oxygen atoms in total. The van der Waals surface area contributed by atoms with E-state index in [9.17, 15) is 0 Å². The van der Waals surface area contributed by atoms with Crippen LogP contribution in [0.2, 0.25) is 5.02 Å². The molecule has 1 aromatic heterocycles. The quantitative estimate of drug-likeness (QED) is 0.661. The molecule has 2 aromatic rings. The van der Waals surface area contributed by atoms with Gasteiger partial charge in [-0.05, 0) is 42.8 Å². The highest BCUT2D eigenvalue weighted by Crippen LogP contribution is 2.28. The van der Waals surface area contributed by atoms with Crippen molar-refractivity contribution in [2.45, 2.75) is 22.9 Å². The van der Waals surface area contributed by atoms with Gasteiger partial charge in [-0.1, -0.05) is 17.7 Å². The molecule has 3 rings (SSSR count). The van der Waals surface area contributed by atoms with Crippen LogP contribution in [0.1, 0.15) is 12.8 Å². The molecule has 3 N–H and O–H groups in total. The molecule has 0 saturated carbocycles. The van der Waals surface area contributed by atoms with Gasteiger partial charge < -0.3 is 4.90 Å². The van der Waals surface area contributed by atoms with Crippen molar-refractivity contribution in [1.82, 2.24) is 15.0 Å². The van der Waals surface area contributed by atoms with Crippen molar-refractivity contribution in [1.29, 1.82) is 0 Å². The molecule has 1 aliphatic rings. The third kappa shape index (κ3) is 3.55. The maximum Gasteiger partial charge on any atom is 0.242 e. The van der Waals surface area contributed by atoms with E-state index in [4.69, 9.17) is 17.4 Å². The summed E-state index contributed by atoms with van der Waals surface area (Å²) >= 11 is 7.43. The number of halogens is 1. The Balaban J connectivity index is 1.88. The van der Waals surface area contributed by atoms with Gasteiger partial charge in [-0.25, -0.2) is 5.84 Å². The molecule has 0 atom stereocenters. The number of hydrazine groups is 1. The van der Waals surface area contributed by atoms with Crippen molar-refractivity contribution in [3.8, 4) is 0 Å². The number of rotatable bonds is 4. The molecule has 8 heteroatoms. The summed E-state index contributed by atoms with van der Waals surface area (Å²) in [5, 5.41) is 1.29. The van der Waals surface area contributed by atoms with E-state index in [1.54, 1.807) is 0 Å².